The van der Waals surface area contributed by atoms with Crippen LogP contribution in [0.3, 0.4) is 0 Å². The average molecular weight is 286 g/mol. The second-order valence-electron chi connectivity index (χ2n) is 3.69. The summed E-state index contributed by atoms with van der Waals surface area (Å²) in [5, 5.41) is 8.38. The van der Waals surface area contributed by atoms with Gasteiger partial charge in [-0.3, -0.25) is 19.6 Å². The molecule has 10 nitrogen and oxygen atoms in total. The summed E-state index contributed by atoms with van der Waals surface area (Å²) in [4.78, 5) is 38.6. The fourth-order valence-electron chi connectivity index (χ4n) is 1.03. The van der Waals surface area contributed by atoms with Crippen LogP contribution in [0.1, 0.15) is 12.8 Å². The molecule has 0 aliphatic carbocycles. The van der Waals surface area contributed by atoms with Crippen LogP contribution in [0.15, 0.2) is 26.8 Å². The van der Waals surface area contributed by atoms with E-state index in [4.69, 9.17) is 22.3 Å². The number of aromatic amines is 2. The van der Waals surface area contributed by atoms with Crippen LogP contribution in [0.4, 0.5) is 0 Å². The van der Waals surface area contributed by atoms with Crippen molar-refractivity contribution in [1.29, 1.82) is 0 Å². The van der Waals surface area contributed by atoms with Gasteiger partial charge < -0.3 is 27.3 Å². The number of aliphatic imine (C=N–C) groups is 1. The normalized spacial score (nSPS) is 10.8. The van der Waals surface area contributed by atoms with Gasteiger partial charge in [-0.15, -0.1) is 0 Å². The summed E-state index contributed by atoms with van der Waals surface area (Å²) < 4.78 is 0. The molecule has 112 valence electrons. The van der Waals surface area contributed by atoms with Crippen molar-refractivity contribution in [3.8, 4) is 0 Å². The van der Waals surface area contributed by atoms with Gasteiger partial charge in [0.2, 0.25) is 0 Å². The van der Waals surface area contributed by atoms with E-state index in [0.29, 0.717) is 19.4 Å². The van der Waals surface area contributed by atoms with Crippen LogP contribution >= 0.6 is 0 Å². The second kappa shape index (κ2) is 9.33. The molecule has 0 bridgehead atoms. The molecule has 1 rings (SSSR count). The Labute approximate surface area is 113 Å². The Morgan fingerprint density at radius 2 is 2.05 bits per heavy atom. The zero-order chi connectivity index (χ0) is 15.5. The van der Waals surface area contributed by atoms with E-state index in [9.17, 15) is 14.4 Å². The van der Waals surface area contributed by atoms with Crippen LogP contribution in [0.5, 0.6) is 0 Å². The Kier molecular flexibility index (Phi) is 8.11. The van der Waals surface area contributed by atoms with E-state index in [1.54, 1.807) is 0 Å². The van der Waals surface area contributed by atoms with Crippen LogP contribution in [0.2, 0.25) is 0 Å². The van der Waals surface area contributed by atoms with Crippen molar-refractivity contribution in [2.24, 2.45) is 22.2 Å². The number of carboxylic acids is 1. The maximum Gasteiger partial charge on any atom is 0.325 e. The minimum Gasteiger partial charge on any atom is -0.480 e. The van der Waals surface area contributed by atoms with Gasteiger partial charge in [-0.2, -0.15) is 0 Å². The maximum absolute atomic E-state index is 10.2. The molecule has 0 unspecified atom stereocenters. The number of hydrogen-bond donors (Lipinski definition) is 6. The molecular formula is C10H18N6O4. The third-order valence-corrected chi connectivity index (χ3v) is 1.97. The van der Waals surface area contributed by atoms with Crippen LogP contribution in [0, 0.1) is 0 Å². The largest absolute Gasteiger partial charge is 0.480 e. The molecule has 0 amide bonds. The number of nitrogens with zero attached hydrogens (tertiary/aromatic N) is 1. The minimum atomic E-state index is -1.00. The number of rotatable bonds is 5. The Balaban J connectivity index is 0.000000388. The van der Waals surface area contributed by atoms with Crippen LogP contribution in [-0.2, 0) is 4.79 Å². The molecule has 10 heteroatoms. The molecule has 1 aromatic heterocycles. The fourth-order valence-corrected chi connectivity index (χ4v) is 1.03. The number of carboxylic acid groups (broad SMARTS) is 1. The number of hydrogen-bond acceptors (Lipinski definition) is 5. The van der Waals surface area contributed by atoms with Crippen molar-refractivity contribution >= 4 is 11.9 Å². The van der Waals surface area contributed by atoms with Gasteiger partial charge >= 0.3 is 11.7 Å². The summed E-state index contributed by atoms with van der Waals surface area (Å²) >= 11 is 0. The molecule has 1 aromatic rings. The van der Waals surface area contributed by atoms with Gasteiger partial charge in [-0.1, -0.05) is 0 Å². The molecule has 0 aromatic carbocycles. The van der Waals surface area contributed by atoms with E-state index >= 15 is 0 Å². The molecular weight excluding hydrogens is 268 g/mol. The van der Waals surface area contributed by atoms with Crippen LogP contribution in [-0.4, -0.2) is 39.6 Å². The van der Waals surface area contributed by atoms with Gasteiger partial charge in [-0.05, 0) is 12.8 Å². The van der Waals surface area contributed by atoms with E-state index in [1.807, 2.05) is 4.98 Å². The van der Waals surface area contributed by atoms with Gasteiger partial charge in [-0.25, -0.2) is 4.79 Å². The number of aliphatic carboxylic acids is 1. The molecule has 0 fully saturated rings. The Hall–Kier alpha value is -2.62. The van der Waals surface area contributed by atoms with Gasteiger partial charge in [0.05, 0.1) is 0 Å². The fraction of sp³-hybridized carbons (Fsp3) is 0.400. The topological polar surface area (TPSA) is 193 Å². The predicted molar refractivity (Wildman–Crippen MR) is 73.2 cm³/mol. The third kappa shape index (κ3) is 9.41. The number of H-pyrrole nitrogens is 2. The van der Waals surface area contributed by atoms with Crippen molar-refractivity contribution in [1.82, 2.24) is 9.97 Å². The van der Waals surface area contributed by atoms with Crippen molar-refractivity contribution in [2.75, 3.05) is 6.54 Å². The smallest absolute Gasteiger partial charge is 0.325 e. The number of carbonyl (C=O) groups is 1. The summed E-state index contributed by atoms with van der Waals surface area (Å²) in [6.45, 7) is 0.420. The molecule has 0 radical (unpaired) electrons. The lowest BCUT2D eigenvalue weighted by atomic mass is 10.2. The molecule has 9 N–H and O–H groups in total. The van der Waals surface area contributed by atoms with Crippen molar-refractivity contribution < 1.29 is 9.90 Å². The number of aromatic nitrogens is 2. The number of nitrogens with two attached hydrogens (primary N) is 3. The van der Waals surface area contributed by atoms with E-state index < -0.39 is 17.7 Å². The van der Waals surface area contributed by atoms with E-state index in [2.05, 4.69) is 9.98 Å². The van der Waals surface area contributed by atoms with E-state index in [0.717, 1.165) is 0 Å². The summed E-state index contributed by atoms with van der Waals surface area (Å²) in [6, 6.07) is 0.417. The minimum absolute atomic E-state index is 0.0129. The number of nitrogens with one attached hydrogen (secondary N) is 2. The van der Waals surface area contributed by atoms with Crippen molar-refractivity contribution in [3.05, 3.63) is 33.1 Å². The van der Waals surface area contributed by atoms with Gasteiger partial charge in [0.1, 0.15) is 6.04 Å². The maximum atomic E-state index is 10.2. The van der Waals surface area contributed by atoms with Crippen molar-refractivity contribution in [2.45, 2.75) is 18.9 Å². The lowest BCUT2D eigenvalue weighted by Crippen LogP contribution is -2.30. The Bertz CT molecular complexity index is 520. The summed E-state index contributed by atoms with van der Waals surface area (Å²) in [6.07, 6.45) is 2.25. The molecule has 0 spiro atoms. The lowest BCUT2D eigenvalue weighted by molar-refractivity contribution is -0.138. The zero-order valence-electron chi connectivity index (χ0n) is 10.7. The Morgan fingerprint density at radius 3 is 2.45 bits per heavy atom. The summed E-state index contributed by atoms with van der Waals surface area (Å²) in [5.41, 5.74) is 14.5. The third-order valence-electron chi connectivity index (χ3n) is 1.97. The van der Waals surface area contributed by atoms with Crippen molar-refractivity contribution in [3.63, 3.8) is 0 Å². The predicted octanol–water partition coefficient (Wildman–Crippen LogP) is -2.48. The molecule has 1 atom stereocenters. The highest BCUT2D eigenvalue weighted by Crippen LogP contribution is 1.94. The molecule has 0 saturated heterocycles. The first kappa shape index (κ1) is 17.4. The van der Waals surface area contributed by atoms with E-state index in [-0.39, 0.29) is 11.5 Å². The summed E-state index contributed by atoms with van der Waals surface area (Å²) in [5.74, 6) is -0.987. The quantitative estimate of drug-likeness (QED) is 0.196. The zero-order valence-corrected chi connectivity index (χ0v) is 10.7. The van der Waals surface area contributed by atoms with Gasteiger partial charge in [0.15, 0.2) is 5.96 Å². The lowest BCUT2D eigenvalue weighted by Gasteiger charge is -2.03. The van der Waals surface area contributed by atoms with Gasteiger partial charge in [0.25, 0.3) is 5.56 Å². The van der Waals surface area contributed by atoms with Gasteiger partial charge in [0, 0.05) is 18.8 Å². The second-order valence-corrected chi connectivity index (χ2v) is 3.69. The first-order valence-corrected chi connectivity index (χ1v) is 5.64. The monoisotopic (exact) mass is 286 g/mol. The molecule has 20 heavy (non-hydrogen) atoms. The highest BCUT2D eigenvalue weighted by Gasteiger charge is 2.09. The first-order chi connectivity index (χ1) is 9.32. The average Bonchev–Trinajstić information content (AvgIpc) is 2.34. The standard InChI is InChI=1S/C6H14N4O2.C4H4N2O2/c7-4(5(11)12)2-1-3-10-6(8)9;7-3-1-2-5-4(8)6-3/h4H,1-3,7H2,(H,11,12)(H4,8,9,10);1-2H,(H2,5,6,7,8)/t4-;/m0./s1. The van der Waals surface area contributed by atoms with Crippen LogP contribution < -0.4 is 28.5 Å². The highest BCUT2D eigenvalue weighted by molar-refractivity contribution is 5.75. The molecule has 0 aliphatic heterocycles. The molecule has 1 heterocycles. The number of guanidine groups is 1. The van der Waals surface area contributed by atoms with Crippen LogP contribution in [0.25, 0.3) is 0 Å². The molecule has 0 aliphatic rings. The Morgan fingerprint density at radius 1 is 1.40 bits per heavy atom. The first-order valence-electron chi connectivity index (χ1n) is 5.64. The highest BCUT2D eigenvalue weighted by atomic mass is 16.4. The molecule has 0 saturated carbocycles. The SMILES string of the molecule is NC(N)=NCCC[C@H](N)C(=O)O.O=c1cc[nH]c(=O)[nH]1. The summed E-state index contributed by atoms with van der Waals surface area (Å²) in [7, 11) is 0. The van der Waals surface area contributed by atoms with E-state index in [1.165, 1.54) is 12.3 Å².